The lowest BCUT2D eigenvalue weighted by Gasteiger charge is -2.20. The molecule has 0 bridgehead atoms. The predicted octanol–water partition coefficient (Wildman–Crippen LogP) is 3.05. The maximum Gasteiger partial charge on any atom is 0.285 e. The van der Waals surface area contributed by atoms with Crippen LogP contribution in [-0.4, -0.2) is 24.0 Å². The van der Waals surface area contributed by atoms with Crippen LogP contribution in [-0.2, 0) is 4.79 Å². The summed E-state index contributed by atoms with van der Waals surface area (Å²) in [6.45, 7) is 1.96. The van der Waals surface area contributed by atoms with Crippen molar-refractivity contribution in [3.63, 3.8) is 0 Å². The van der Waals surface area contributed by atoms with E-state index in [0.29, 0.717) is 13.2 Å². The summed E-state index contributed by atoms with van der Waals surface area (Å²) < 4.78 is 11.0. The molecule has 1 aromatic rings. The number of anilines is 1. The van der Waals surface area contributed by atoms with Crippen molar-refractivity contribution in [2.45, 2.75) is 19.8 Å². The molecule has 0 saturated carbocycles. The molecule has 116 valence electrons. The fourth-order valence-corrected chi connectivity index (χ4v) is 2.01. The number of nitro benzene ring substituents is 1. The molecule has 0 unspecified atom stereocenters. The number of carbonyl (C=O) groups excluding carboxylic acids is 1. The van der Waals surface area contributed by atoms with Crippen LogP contribution in [0.25, 0.3) is 10.4 Å². The monoisotopic (exact) mass is 307 g/mol. The summed E-state index contributed by atoms with van der Waals surface area (Å²) in [7, 11) is 0. The van der Waals surface area contributed by atoms with Gasteiger partial charge in [-0.15, -0.1) is 0 Å². The fraction of sp³-hybridized carbons (Fsp3) is 0.417. The van der Waals surface area contributed by atoms with E-state index in [-0.39, 0.29) is 22.9 Å². The van der Waals surface area contributed by atoms with Crippen LogP contribution >= 0.6 is 0 Å². The van der Waals surface area contributed by atoms with Gasteiger partial charge < -0.3 is 14.8 Å². The molecule has 1 aliphatic heterocycles. The van der Waals surface area contributed by atoms with Crippen LogP contribution in [0.1, 0.15) is 19.8 Å². The van der Waals surface area contributed by atoms with Crippen LogP contribution in [0.4, 0.5) is 17.1 Å². The first kappa shape index (κ1) is 15.4. The van der Waals surface area contributed by atoms with Crippen molar-refractivity contribution in [3.05, 3.63) is 26.6 Å². The molecule has 1 amide bonds. The lowest BCUT2D eigenvalue weighted by molar-refractivity contribution is -0.384. The lowest BCUT2D eigenvalue weighted by Crippen LogP contribution is -2.13. The number of amides is 1. The number of rotatable bonds is 3. The molecule has 0 radical (unpaired) electrons. The van der Waals surface area contributed by atoms with Gasteiger partial charge >= 0.3 is 0 Å². The molecule has 22 heavy (non-hydrogen) atoms. The molecule has 2 rings (SSSR count). The second-order valence-corrected chi connectivity index (χ2v) is 4.48. The predicted molar refractivity (Wildman–Crippen MR) is 76.4 cm³/mol. The van der Waals surface area contributed by atoms with E-state index >= 15 is 0 Å². The first-order valence-corrected chi connectivity index (χ1v) is 6.48. The highest BCUT2D eigenvalue weighted by atomic mass is 16.6. The molecule has 10 heteroatoms. The van der Waals surface area contributed by atoms with Gasteiger partial charge in [0.15, 0.2) is 11.5 Å². The Hall–Kier alpha value is -3.00. The highest BCUT2D eigenvalue weighted by molar-refractivity contribution is 5.97. The number of azide groups is 1. The van der Waals surface area contributed by atoms with Gasteiger partial charge in [0.1, 0.15) is 11.4 Å². The van der Waals surface area contributed by atoms with Crippen molar-refractivity contribution in [2.24, 2.45) is 5.11 Å². The van der Waals surface area contributed by atoms with Gasteiger partial charge in [0.25, 0.3) is 5.69 Å². The Bertz CT molecular complexity index is 668. The SMILES string of the molecule is CC(=O)Nc1c(N=[N+]=[N-])c([N+](=O)[O-])cc2c1OCCCCO2. The lowest BCUT2D eigenvalue weighted by atomic mass is 10.1. The second kappa shape index (κ2) is 6.64. The Kier molecular flexibility index (Phi) is 4.64. The molecule has 0 fully saturated rings. The smallest absolute Gasteiger partial charge is 0.285 e. The van der Waals surface area contributed by atoms with Crippen molar-refractivity contribution in [1.29, 1.82) is 0 Å². The van der Waals surface area contributed by atoms with Crippen molar-refractivity contribution in [3.8, 4) is 11.5 Å². The fourth-order valence-electron chi connectivity index (χ4n) is 2.01. The third kappa shape index (κ3) is 3.18. The Morgan fingerprint density at radius 3 is 2.73 bits per heavy atom. The van der Waals surface area contributed by atoms with E-state index in [4.69, 9.17) is 15.0 Å². The van der Waals surface area contributed by atoms with E-state index in [1.54, 1.807) is 0 Å². The molecule has 1 aromatic carbocycles. The zero-order chi connectivity index (χ0) is 16.1. The summed E-state index contributed by atoms with van der Waals surface area (Å²) in [6, 6.07) is 1.13. The Balaban J connectivity index is 2.73. The molecule has 0 saturated heterocycles. The summed E-state index contributed by atoms with van der Waals surface area (Å²) in [5.74, 6) is -0.224. The summed E-state index contributed by atoms with van der Waals surface area (Å²) in [6.07, 6.45) is 1.47. The number of ether oxygens (including phenoxy) is 2. The van der Waals surface area contributed by atoms with Gasteiger partial charge in [-0.3, -0.25) is 14.9 Å². The molecule has 1 heterocycles. The molecule has 0 aromatic heterocycles. The highest BCUT2D eigenvalue weighted by Crippen LogP contribution is 2.49. The van der Waals surface area contributed by atoms with Gasteiger partial charge in [-0.1, -0.05) is 5.11 Å². The topological polar surface area (TPSA) is 139 Å². The van der Waals surface area contributed by atoms with Gasteiger partial charge in [0, 0.05) is 11.8 Å². The Morgan fingerprint density at radius 2 is 2.14 bits per heavy atom. The molecule has 1 aliphatic rings. The number of hydrogen-bond donors (Lipinski definition) is 1. The second-order valence-electron chi connectivity index (χ2n) is 4.48. The molecule has 1 N–H and O–H groups in total. The molecule has 10 nitrogen and oxygen atoms in total. The average molecular weight is 307 g/mol. The highest BCUT2D eigenvalue weighted by Gasteiger charge is 2.27. The van der Waals surface area contributed by atoms with E-state index in [9.17, 15) is 14.9 Å². The van der Waals surface area contributed by atoms with Crippen LogP contribution in [0, 0.1) is 10.1 Å². The first-order chi connectivity index (χ1) is 10.5. The van der Waals surface area contributed by atoms with Gasteiger partial charge in [-0.25, -0.2) is 0 Å². The summed E-state index contributed by atoms with van der Waals surface area (Å²) >= 11 is 0. The molecular formula is C12H13N5O5. The summed E-state index contributed by atoms with van der Waals surface area (Å²) in [4.78, 5) is 24.4. The Labute approximate surface area is 124 Å². The van der Waals surface area contributed by atoms with Crippen molar-refractivity contribution >= 4 is 23.0 Å². The number of hydrogen-bond acceptors (Lipinski definition) is 6. The van der Waals surface area contributed by atoms with Crippen LogP contribution in [0.2, 0.25) is 0 Å². The molecular weight excluding hydrogens is 294 g/mol. The number of nitro groups is 1. The normalized spacial score (nSPS) is 13.3. The van der Waals surface area contributed by atoms with Crippen molar-refractivity contribution < 1.29 is 19.2 Å². The molecule has 0 aliphatic carbocycles. The zero-order valence-corrected chi connectivity index (χ0v) is 11.7. The van der Waals surface area contributed by atoms with E-state index in [1.807, 2.05) is 0 Å². The summed E-state index contributed by atoms with van der Waals surface area (Å²) in [5, 5.41) is 16.9. The first-order valence-electron chi connectivity index (χ1n) is 6.48. The van der Waals surface area contributed by atoms with Gasteiger partial charge in [-0.2, -0.15) is 0 Å². The number of benzene rings is 1. The van der Waals surface area contributed by atoms with E-state index in [0.717, 1.165) is 18.9 Å². The average Bonchev–Trinajstić information content (AvgIpc) is 2.41. The standard InChI is InChI=1S/C12H13N5O5/c1-7(18)14-11-10(15-16-13)8(17(19)20)6-9-12(11)22-5-3-2-4-21-9/h6H,2-5H2,1H3,(H,14,18). The third-order valence-electron chi connectivity index (χ3n) is 2.88. The number of carbonyl (C=O) groups is 1. The number of nitrogens with zero attached hydrogens (tertiary/aromatic N) is 4. The number of nitrogens with one attached hydrogen (secondary N) is 1. The minimum absolute atomic E-state index is 0.0589. The van der Waals surface area contributed by atoms with Crippen LogP contribution < -0.4 is 14.8 Å². The number of fused-ring (bicyclic) bond motifs is 1. The van der Waals surface area contributed by atoms with E-state index in [1.165, 1.54) is 6.92 Å². The van der Waals surface area contributed by atoms with Crippen molar-refractivity contribution in [1.82, 2.24) is 0 Å². The van der Waals surface area contributed by atoms with Gasteiger partial charge in [0.2, 0.25) is 5.91 Å². The summed E-state index contributed by atoms with van der Waals surface area (Å²) in [5.41, 5.74) is 7.80. The minimum atomic E-state index is -0.711. The van der Waals surface area contributed by atoms with Crippen LogP contribution in [0.3, 0.4) is 0 Å². The molecule has 0 spiro atoms. The maximum atomic E-state index is 11.4. The van der Waals surface area contributed by atoms with Crippen molar-refractivity contribution in [2.75, 3.05) is 18.5 Å². The third-order valence-corrected chi connectivity index (χ3v) is 2.88. The quantitative estimate of drug-likeness (QED) is 0.300. The van der Waals surface area contributed by atoms with E-state index < -0.39 is 16.5 Å². The zero-order valence-electron chi connectivity index (χ0n) is 11.7. The van der Waals surface area contributed by atoms with Gasteiger partial charge in [-0.05, 0) is 18.4 Å². The minimum Gasteiger partial charge on any atom is -0.489 e. The maximum absolute atomic E-state index is 11.4. The van der Waals surface area contributed by atoms with Crippen LogP contribution in [0.15, 0.2) is 11.2 Å². The van der Waals surface area contributed by atoms with Crippen LogP contribution in [0.5, 0.6) is 11.5 Å². The largest absolute Gasteiger partial charge is 0.489 e. The Morgan fingerprint density at radius 1 is 1.45 bits per heavy atom. The van der Waals surface area contributed by atoms with Gasteiger partial charge in [0.05, 0.1) is 24.2 Å². The molecule has 0 atom stereocenters. The van der Waals surface area contributed by atoms with E-state index in [2.05, 4.69) is 15.3 Å².